The average molecular weight is 1050 g/mol. The van der Waals surface area contributed by atoms with Gasteiger partial charge in [0, 0.05) is 30.6 Å². The molecule has 0 spiro atoms. The zero-order chi connectivity index (χ0) is 54.0. The molecule has 0 saturated carbocycles. The van der Waals surface area contributed by atoms with Gasteiger partial charge in [-0.3, -0.25) is 28.8 Å². The van der Waals surface area contributed by atoms with Crippen LogP contribution in [-0.4, -0.2) is 115 Å². The van der Waals surface area contributed by atoms with E-state index in [0.717, 1.165) is 22.3 Å². The van der Waals surface area contributed by atoms with Crippen LogP contribution in [-0.2, 0) is 68.4 Å². The van der Waals surface area contributed by atoms with Gasteiger partial charge in [0.1, 0.15) is 57.9 Å². The monoisotopic (exact) mass is 1050 g/mol. The van der Waals surface area contributed by atoms with E-state index < -0.39 is 53.5 Å². The number of epoxide rings is 1. The Balaban J connectivity index is 1.20. The zero-order valence-electron chi connectivity index (χ0n) is 44.5. The van der Waals surface area contributed by atoms with Crippen molar-refractivity contribution in [3.8, 4) is 5.75 Å². The number of Topliss-reactive ketones (excluding diaryl/α,β-unsaturated/α-hetero) is 1. The summed E-state index contributed by atoms with van der Waals surface area (Å²) in [6.45, 7) is 15.2. The second-order valence-electron chi connectivity index (χ2n) is 20.9. The Morgan fingerprint density at radius 2 is 1.23 bits per heavy atom. The molecule has 2 heterocycles. The molecule has 1 unspecified atom stereocenters. The zero-order valence-corrected chi connectivity index (χ0v) is 45.5. The van der Waals surface area contributed by atoms with E-state index in [2.05, 4.69) is 26.4 Å². The molecule has 17 heteroatoms. The predicted molar refractivity (Wildman–Crippen MR) is 290 cm³/mol. The van der Waals surface area contributed by atoms with Crippen LogP contribution in [0, 0.1) is 11.8 Å². The third kappa shape index (κ3) is 18.5. The molecule has 6 rings (SSSR count). The van der Waals surface area contributed by atoms with Gasteiger partial charge >= 0.3 is 5.97 Å². The number of hydrogen-bond acceptors (Lipinski definition) is 11. The second kappa shape index (κ2) is 28.0. The molecule has 2 fully saturated rings. The number of esters is 1. The minimum absolute atomic E-state index is 0.0219. The average Bonchev–Trinajstić information content (AvgIpc) is 4.14. The van der Waals surface area contributed by atoms with E-state index in [9.17, 15) is 28.8 Å². The molecular formula is C58H76N6O10P+. The van der Waals surface area contributed by atoms with Gasteiger partial charge in [0.05, 0.1) is 31.6 Å². The van der Waals surface area contributed by atoms with Crippen molar-refractivity contribution in [1.29, 1.82) is 0 Å². The van der Waals surface area contributed by atoms with Crippen molar-refractivity contribution in [1.82, 2.24) is 21.3 Å². The number of rotatable bonds is 28. The summed E-state index contributed by atoms with van der Waals surface area (Å²) in [6.07, 6.45) is 2.15. The summed E-state index contributed by atoms with van der Waals surface area (Å²) < 4.78 is 22.9. The highest BCUT2D eigenvalue weighted by atomic mass is 31.1. The number of oxime groups is 1. The summed E-state index contributed by atoms with van der Waals surface area (Å²) in [5.74, 6) is -2.32. The Labute approximate surface area is 443 Å². The highest BCUT2D eigenvalue weighted by Gasteiger charge is 2.50. The lowest BCUT2D eigenvalue weighted by Gasteiger charge is -2.41. The van der Waals surface area contributed by atoms with Crippen molar-refractivity contribution in [2.45, 2.75) is 123 Å². The number of carbonyl (C=O) groups excluding carboxylic acids is 6. The molecule has 2 aliphatic rings. The van der Waals surface area contributed by atoms with Crippen LogP contribution in [0.15, 0.2) is 114 Å². The highest BCUT2D eigenvalue weighted by Crippen LogP contribution is 2.30. The van der Waals surface area contributed by atoms with Gasteiger partial charge < -0.3 is 44.6 Å². The van der Waals surface area contributed by atoms with E-state index in [1.54, 1.807) is 19.9 Å². The first-order valence-corrected chi connectivity index (χ1v) is 27.2. The lowest BCUT2D eigenvalue weighted by molar-refractivity contribution is -0.940. The minimum atomic E-state index is -1.09. The second-order valence-corrected chi connectivity index (χ2v) is 21.7. The molecule has 2 saturated heterocycles. The lowest BCUT2D eigenvalue weighted by Crippen LogP contribution is -2.61. The Morgan fingerprint density at radius 3 is 1.83 bits per heavy atom. The summed E-state index contributed by atoms with van der Waals surface area (Å²) in [7, 11) is 0.0728. The first-order chi connectivity index (χ1) is 35.9. The van der Waals surface area contributed by atoms with Gasteiger partial charge in [-0.25, -0.2) is 0 Å². The van der Waals surface area contributed by atoms with E-state index in [-0.39, 0.29) is 64.7 Å². The predicted octanol–water partition coefficient (Wildman–Crippen LogP) is 6.76. The van der Waals surface area contributed by atoms with Crippen molar-refractivity contribution in [2.24, 2.45) is 17.0 Å². The maximum Gasteiger partial charge on any atom is 0.308 e. The molecule has 4 aromatic rings. The molecule has 402 valence electrons. The van der Waals surface area contributed by atoms with Crippen molar-refractivity contribution >= 4 is 49.9 Å². The Morgan fingerprint density at radius 1 is 0.680 bits per heavy atom. The van der Waals surface area contributed by atoms with Gasteiger partial charge in [0.25, 0.3) is 5.91 Å². The van der Waals surface area contributed by atoms with Crippen molar-refractivity contribution in [3.05, 3.63) is 137 Å². The topological polar surface area (TPSA) is 203 Å². The van der Waals surface area contributed by atoms with Crippen LogP contribution in [0.3, 0.4) is 0 Å². The number of aryl methyl sites for hydroxylation is 1. The van der Waals surface area contributed by atoms with Crippen molar-refractivity contribution in [2.75, 3.05) is 39.5 Å². The van der Waals surface area contributed by atoms with E-state index in [4.69, 9.17) is 18.8 Å². The summed E-state index contributed by atoms with van der Waals surface area (Å²) in [5, 5.41) is 16.3. The summed E-state index contributed by atoms with van der Waals surface area (Å²) in [4.78, 5) is 83.7. The maximum atomic E-state index is 14.7. The smallest absolute Gasteiger partial charge is 0.308 e. The number of carbonyl (C=O) groups is 6. The van der Waals surface area contributed by atoms with E-state index in [0.29, 0.717) is 73.4 Å². The molecule has 16 nitrogen and oxygen atoms in total. The van der Waals surface area contributed by atoms with Crippen LogP contribution in [0.1, 0.15) is 95.5 Å². The number of ketones is 1. The molecule has 4 aromatic carbocycles. The van der Waals surface area contributed by atoms with Gasteiger partial charge in [-0.1, -0.05) is 124 Å². The fraction of sp³-hybridized carbons (Fsp3) is 0.466. The van der Waals surface area contributed by atoms with Gasteiger partial charge in [-0.15, -0.1) is 0 Å². The molecule has 0 aliphatic carbocycles. The molecule has 0 bridgehead atoms. The highest BCUT2D eigenvalue weighted by molar-refractivity contribution is 7.31. The molecule has 75 heavy (non-hydrogen) atoms. The summed E-state index contributed by atoms with van der Waals surface area (Å²) in [6, 6.07) is 30.4. The Bertz CT molecular complexity index is 2570. The van der Waals surface area contributed by atoms with E-state index in [1.807, 2.05) is 131 Å². The number of benzene rings is 4. The van der Waals surface area contributed by atoms with Crippen LogP contribution in [0.5, 0.6) is 5.75 Å². The number of quaternary nitrogens is 1. The van der Waals surface area contributed by atoms with Gasteiger partial charge in [-0.05, 0) is 86.3 Å². The SMILES string of the molecule is CC(=O)Oc1ccc(C[N+]2(CC(=O)N[C@@H](CCc3ccccc3)C(=O)N[C@@H](CC(C)C)C(=O)N[C@@H](Cc3ccccc3)C(=O)N[C@@H](CC(C)C)C(=O)[C@@]3(C)CO3)CCOCC2)cc1/C(C)=N/OPCc1ccccc1. The van der Waals surface area contributed by atoms with Gasteiger partial charge in [0.2, 0.25) is 17.7 Å². The molecular weight excluding hydrogens is 972 g/mol. The fourth-order valence-electron chi connectivity index (χ4n) is 9.22. The molecule has 4 amide bonds. The third-order valence-electron chi connectivity index (χ3n) is 13.4. The Kier molecular flexibility index (Phi) is 21.6. The van der Waals surface area contributed by atoms with Crippen LogP contribution < -0.4 is 26.0 Å². The number of morpholine rings is 1. The normalized spacial score (nSPS) is 17.9. The van der Waals surface area contributed by atoms with Crippen LogP contribution in [0.2, 0.25) is 0 Å². The van der Waals surface area contributed by atoms with Gasteiger partial charge in [-0.2, -0.15) is 0 Å². The van der Waals surface area contributed by atoms with Crippen LogP contribution in [0.25, 0.3) is 0 Å². The van der Waals surface area contributed by atoms with Crippen LogP contribution >= 0.6 is 8.81 Å². The molecule has 2 aliphatic heterocycles. The number of ether oxygens (including phenoxy) is 3. The Hall–Kier alpha value is -6.32. The van der Waals surface area contributed by atoms with Crippen molar-refractivity contribution < 1.29 is 52.1 Å². The largest absolute Gasteiger partial charge is 0.426 e. The van der Waals surface area contributed by atoms with Crippen LogP contribution in [0.4, 0.5) is 0 Å². The third-order valence-corrected chi connectivity index (χ3v) is 14.2. The minimum Gasteiger partial charge on any atom is -0.426 e. The van der Waals surface area contributed by atoms with Gasteiger partial charge in [0.15, 0.2) is 12.3 Å². The first-order valence-electron chi connectivity index (χ1n) is 26.1. The number of amides is 4. The fourth-order valence-corrected chi connectivity index (χ4v) is 9.89. The molecule has 6 atom stereocenters. The quantitative estimate of drug-likeness (QED) is 0.00689. The van der Waals surface area contributed by atoms with E-state index >= 15 is 0 Å². The molecule has 4 N–H and O–H groups in total. The standard InChI is InChI=1S/C58H75N6O10P/c1-39(2)31-49(54(67)58(7)38-72-58)60-57(70)51(34-44-19-13-9-14-20-44)62-56(69)50(32-40(3)4)61-55(68)48(25-23-43-17-11-8-12-18-43)59-53(66)36-64(27-29-71-30-28-64)35-46-24-26-52(73-42(6)65)47(33-46)41(5)63-74-75-37-45-21-15-10-16-22-45/h8-22,24,26,33,39-40,48-51,75H,23,25,27-32,34-38H2,1-7H3,(H3-,59,60,61,62,66,68,69,70)/p+1/b63-41+/t48-,49-,50-,51-,58+/m0/s1. The van der Waals surface area contributed by atoms with Crippen molar-refractivity contribution in [3.63, 3.8) is 0 Å². The number of hydrogen-bond donors (Lipinski definition) is 4. The number of nitrogens with one attached hydrogen (secondary N) is 4. The maximum absolute atomic E-state index is 14.7. The van der Waals surface area contributed by atoms with E-state index in [1.165, 1.54) is 6.92 Å². The molecule has 0 radical (unpaired) electrons. The molecule has 0 aromatic heterocycles. The lowest BCUT2D eigenvalue weighted by atomic mass is 9.93. The summed E-state index contributed by atoms with van der Waals surface area (Å²) >= 11 is 0. The first kappa shape index (κ1) is 57.9. The summed E-state index contributed by atoms with van der Waals surface area (Å²) in [5.41, 5.74) is 3.89. The number of nitrogens with zero attached hydrogens (tertiary/aromatic N) is 2.